The van der Waals surface area contributed by atoms with Crippen LogP contribution in [0.1, 0.15) is 6.92 Å². The number of rotatable bonds is 1. The minimum Gasteiger partial charge on any atom is -0.447 e. The number of carbonyl (C=O) groups excluding carboxylic acids is 2. The maximum atomic E-state index is 10.5. The van der Waals surface area contributed by atoms with Crippen LogP contribution in [0.3, 0.4) is 0 Å². The summed E-state index contributed by atoms with van der Waals surface area (Å²) in [6.45, 7) is 1.34. The van der Waals surface area contributed by atoms with Crippen molar-refractivity contribution in [3.8, 4) is 0 Å². The lowest BCUT2D eigenvalue weighted by molar-refractivity contribution is -0.168. The summed E-state index contributed by atoms with van der Waals surface area (Å²) in [4.78, 5) is 20.9. The van der Waals surface area contributed by atoms with Crippen LogP contribution in [0.5, 0.6) is 0 Å². The fraction of sp³-hybridized carbons (Fsp3) is 0.600. The summed E-state index contributed by atoms with van der Waals surface area (Å²) in [5.41, 5.74) is -0.476. The summed E-state index contributed by atoms with van der Waals surface area (Å²) in [6, 6.07) is -0.555. The number of carbonyl (C=O) groups is 2. The van der Waals surface area contributed by atoms with Gasteiger partial charge in [-0.25, -0.2) is 4.79 Å². The van der Waals surface area contributed by atoms with Crippen molar-refractivity contribution in [2.75, 3.05) is 0 Å². The van der Waals surface area contributed by atoms with Gasteiger partial charge in [-0.05, 0) is 0 Å². The molecule has 56 valence electrons. The van der Waals surface area contributed by atoms with Gasteiger partial charge in [0.2, 0.25) is 5.91 Å². The Bertz CT molecular complexity index is 182. The molecule has 0 aromatic heterocycles. The van der Waals surface area contributed by atoms with Crippen LogP contribution in [0.25, 0.3) is 0 Å². The topological polar surface area (TPSA) is 55.4 Å². The Morgan fingerprint density at radius 3 is 2.60 bits per heavy atom. The first kappa shape index (κ1) is 7.40. The van der Waals surface area contributed by atoms with E-state index in [1.54, 1.807) is 0 Å². The zero-order chi connectivity index (χ0) is 7.72. The lowest BCUT2D eigenvalue weighted by Crippen LogP contribution is -2.57. The second kappa shape index (κ2) is 2.49. The molecule has 0 saturated carbocycles. The number of hydrogen-bond donors (Lipinski definition) is 2. The van der Waals surface area contributed by atoms with Crippen molar-refractivity contribution >= 4 is 24.5 Å². The highest BCUT2D eigenvalue weighted by molar-refractivity contribution is 7.81. The number of thiol groups is 1. The molecular weight excluding hydrogens is 154 g/mol. The van der Waals surface area contributed by atoms with Crippen LogP contribution in [0.4, 0.5) is 0 Å². The van der Waals surface area contributed by atoms with Gasteiger partial charge in [-0.2, -0.15) is 0 Å². The Labute approximate surface area is 63.3 Å². The molecule has 0 aromatic rings. The summed E-state index contributed by atoms with van der Waals surface area (Å²) in [5.74, 6) is -0.670. The average molecular weight is 161 g/mol. The molecule has 4 nitrogen and oxygen atoms in total. The van der Waals surface area contributed by atoms with Gasteiger partial charge in [0.15, 0.2) is 11.5 Å². The van der Waals surface area contributed by atoms with E-state index in [1.807, 2.05) is 0 Å². The van der Waals surface area contributed by atoms with Crippen LogP contribution < -0.4 is 5.32 Å². The summed E-state index contributed by atoms with van der Waals surface area (Å²) in [6.07, 6.45) is 0. The molecule has 0 aliphatic carbocycles. The van der Waals surface area contributed by atoms with Crippen molar-refractivity contribution < 1.29 is 14.3 Å². The fourth-order valence-corrected chi connectivity index (χ4v) is 0.954. The molecule has 5 heteroatoms. The van der Waals surface area contributed by atoms with Gasteiger partial charge >= 0.3 is 5.97 Å². The lowest BCUT2D eigenvalue weighted by atomic mass is 10.2. The van der Waals surface area contributed by atoms with Crippen LogP contribution in [0.2, 0.25) is 0 Å². The Morgan fingerprint density at radius 1 is 1.80 bits per heavy atom. The first-order valence-electron chi connectivity index (χ1n) is 2.77. The van der Waals surface area contributed by atoms with Gasteiger partial charge in [-0.15, -0.1) is 12.6 Å². The zero-order valence-electron chi connectivity index (χ0n) is 5.33. The maximum absolute atomic E-state index is 10.5. The molecule has 1 N–H and O–H groups in total. The van der Waals surface area contributed by atoms with Crippen molar-refractivity contribution in [1.82, 2.24) is 5.32 Å². The van der Waals surface area contributed by atoms with Crippen LogP contribution in [0, 0.1) is 0 Å². The summed E-state index contributed by atoms with van der Waals surface area (Å²) < 4.78 is 4.46. The van der Waals surface area contributed by atoms with E-state index < -0.39 is 17.4 Å². The van der Waals surface area contributed by atoms with Gasteiger partial charge < -0.3 is 10.1 Å². The SMILES string of the molecule is CC(=O)N[C@@H]1C(=O)OC1S. The van der Waals surface area contributed by atoms with Gasteiger partial charge in [0.1, 0.15) is 0 Å². The first-order valence-corrected chi connectivity index (χ1v) is 3.28. The second-order valence-electron chi connectivity index (χ2n) is 2.01. The van der Waals surface area contributed by atoms with Crippen molar-refractivity contribution in [3.63, 3.8) is 0 Å². The quantitative estimate of drug-likeness (QED) is 0.395. The number of ether oxygens (including phenoxy) is 1. The Hall–Kier alpha value is -0.710. The predicted octanol–water partition coefficient (Wildman–Crippen LogP) is -0.696. The number of cyclic esters (lactones) is 1. The van der Waals surface area contributed by atoms with E-state index in [0.29, 0.717) is 0 Å². The van der Waals surface area contributed by atoms with E-state index in [2.05, 4.69) is 22.7 Å². The molecule has 1 amide bonds. The summed E-state index contributed by atoms with van der Waals surface area (Å²) in [7, 11) is 0. The van der Waals surface area contributed by atoms with Gasteiger partial charge in [-0.1, -0.05) is 0 Å². The molecule has 0 aromatic carbocycles. The molecule has 1 fully saturated rings. The molecule has 1 aliphatic rings. The Kier molecular flexibility index (Phi) is 1.85. The molecule has 0 bridgehead atoms. The average Bonchev–Trinajstić information content (AvgIpc) is 1.84. The largest absolute Gasteiger partial charge is 0.447 e. The zero-order valence-corrected chi connectivity index (χ0v) is 6.22. The third kappa shape index (κ3) is 1.23. The van der Waals surface area contributed by atoms with Gasteiger partial charge in [0.25, 0.3) is 0 Å². The summed E-state index contributed by atoms with van der Waals surface area (Å²) in [5, 5.41) is 2.39. The van der Waals surface area contributed by atoms with Gasteiger partial charge in [-0.3, -0.25) is 4.79 Å². The molecule has 2 atom stereocenters. The number of nitrogens with one attached hydrogen (secondary N) is 1. The van der Waals surface area contributed by atoms with E-state index >= 15 is 0 Å². The van der Waals surface area contributed by atoms with Crippen molar-refractivity contribution in [2.45, 2.75) is 18.4 Å². The lowest BCUT2D eigenvalue weighted by Gasteiger charge is -2.31. The Balaban J connectivity index is 2.40. The number of hydrogen-bond acceptors (Lipinski definition) is 4. The number of amides is 1. The number of esters is 1. The smallest absolute Gasteiger partial charge is 0.334 e. The van der Waals surface area contributed by atoms with Crippen LogP contribution in [-0.4, -0.2) is 23.4 Å². The van der Waals surface area contributed by atoms with E-state index in [-0.39, 0.29) is 5.91 Å². The van der Waals surface area contributed by atoms with Crippen molar-refractivity contribution in [1.29, 1.82) is 0 Å². The minimum absolute atomic E-state index is 0.249. The molecule has 1 unspecified atom stereocenters. The highest BCUT2D eigenvalue weighted by Gasteiger charge is 2.40. The molecule has 1 aliphatic heterocycles. The molecule has 1 heterocycles. The molecular formula is C5H7NO3S. The van der Waals surface area contributed by atoms with Gasteiger partial charge in [0.05, 0.1) is 0 Å². The summed E-state index contributed by atoms with van der Waals surface area (Å²) >= 11 is 3.86. The van der Waals surface area contributed by atoms with E-state index in [1.165, 1.54) is 6.92 Å². The van der Waals surface area contributed by atoms with E-state index in [9.17, 15) is 9.59 Å². The molecule has 10 heavy (non-hydrogen) atoms. The standard InChI is InChI=1S/C5H7NO3S/c1-2(7)6-3-4(8)9-5(3)10/h3,5,10H,1H3,(H,6,7)/t3-,5?/m1/s1. The molecule has 1 rings (SSSR count). The minimum atomic E-state index is -0.555. The fourth-order valence-electron chi connectivity index (χ4n) is 0.654. The van der Waals surface area contributed by atoms with Crippen LogP contribution in [-0.2, 0) is 14.3 Å². The van der Waals surface area contributed by atoms with Gasteiger partial charge in [0, 0.05) is 6.92 Å². The van der Waals surface area contributed by atoms with E-state index in [0.717, 1.165) is 0 Å². The van der Waals surface area contributed by atoms with E-state index in [4.69, 9.17) is 0 Å². The third-order valence-corrected chi connectivity index (χ3v) is 1.54. The maximum Gasteiger partial charge on any atom is 0.334 e. The van der Waals surface area contributed by atoms with Crippen molar-refractivity contribution in [3.05, 3.63) is 0 Å². The highest BCUT2D eigenvalue weighted by atomic mass is 32.1. The third-order valence-electron chi connectivity index (χ3n) is 1.13. The van der Waals surface area contributed by atoms with Crippen LogP contribution >= 0.6 is 12.6 Å². The second-order valence-corrected chi connectivity index (χ2v) is 2.51. The molecule has 0 spiro atoms. The van der Waals surface area contributed by atoms with Crippen LogP contribution in [0.15, 0.2) is 0 Å². The molecule has 0 radical (unpaired) electrons. The predicted molar refractivity (Wildman–Crippen MR) is 36.5 cm³/mol. The van der Waals surface area contributed by atoms with Crippen molar-refractivity contribution in [2.24, 2.45) is 0 Å². The monoisotopic (exact) mass is 161 g/mol. The molecule has 1 saturated heterocycles. The Morgan fingerprint density at radius 2 is 2.40 bits per heavy atom. The first-order chi connectivity index (χ1) is 4.61. The normalized spacial score (nSPS) is 30.4. The highest BCUT2D eigenvalue weighted by Crippen LogP contribution is 2.17.